The molecule has 0 heterocycles. The van der Waals surface area contributed by atoms with Crippen LogP contribution in [0.25, 0.3) is 0 Å². The molecule has 0 aliphatic carbocycles. The van der Waals surface area contributed by atoms with Crippen molar-refractivity contribution in [2.24, 2.45) is 0 Å². The maximum Gasteiger partial charge on any atom is 0.145 e. The lowest BCUT2D eigenvalue weighted by atomic mass is 10.0. The molecule has 8 N–H and O–H groups in total. The molecule has 1 rings (SSSR count). The first-order chi connectivity index (χ1) is 28.7. The van der Waals surface area contributed by atoms with Gasteiger partial charge < -0.3 is 78.7 Å². The molecule has 59 heavy (non-hydrogen) atoms. The first-order valence-electron chi connectivity index (χ1n) is 21.8. The second kappa shape index (κ2) is 39.1. The molecule has 0 aliphatic heterocycles. The molecule has 0 aromatic heterocycles. The summed E-state index contributed by atoms with van der Waals surface area (Å²) in [5.41, 5.74) is 0. The molecule has 4 atom stereocenters. The van der Waals surface area contributed by atoms with Gasteiger partial charge in [0.25, 0.3) is 0 Å². The number of aliphatic hydroxyl groups excluding tert-OH is 8. The Balaban J connectivity index is 2.78. The van der Waals surface area contributed by atoms with Gasteiger partial charge in [0.2, 0.25) is 0 Å². The van der Waals surface area contributed by atoms with Crippen molar-refractivity contribution >= 4 is 0 Å². The minimum absolute atomic E-state index is 0.0319. The topological polar surface area (TPSA) is 236 Å². The highest BCUT2D eigenvalue weighted by Gasteiger charge is 2.21. The number of unbranched alkanes of at least 4 members (excludes halogenated alkanes) is 13. The van der Waals surface area contributed by atoms with Gasteiger partial charge in [-0.1, -0.05) is 90.4 Å². The highest BCUT2D eigenvalue weighted by atomic mass is 16.6. The van der Waals surface area contributed by atoms with Crippen LogP contribution < -0.4 is 9.47 Å². The standard InChI is InChI=1S/C43H80O16/c1-2-3-4-5-6-7-8-9-10-11-12-13-14-15-20-56-39-16-18-40(19-17-39)59-43(33-57-41(29-52-25-35(48)21-44)30-53-26-36(49)22-45)34-58-42(31-54-27-37(50)23-46)32-55-28-38(51)24-47/h16-19,35-38,41-51H,2-15,20-34H2,1H3. The summed E-state index contributed by atoms with van der Waals surface area (Å²) >= 11 is 0. The van der Waals surface area contributed by atoms with Crippen molar-refractivity contribution in [3.05, 3.63) is 24.3 Å². The Kier molecular flexibility index (Phi) is 36.7. The van der Waals surface area contributed by atoms with E-state index in [1.165, 1.54) is 77.0 Å². The second-order valence-electron chi connectivity index (χ2n) is 15.1. The van der Waals surface area contributed by atoms with E-state index in [2.05, 4.69) is 6.92 Å². The molecule has 0 spiro atoms. The van der Waals surface area contributed by atoms with E-state index in [1.807, 2.05) is 12.1 Å². The number of ether oxygens (including phenoxy) is 8. The van der Waals surface area contributed by atoms with Gasteiger partial charge in [-0.2, -0.15) is 0 Å². The summed E-state index contributed by atoms with van der Waals surface area (Å²) in [6.45, 7) is 0.158. The quantitative estimate of drug-likeness (QED) is 0.0441. The Morgan fingerprint density at radius 3 is 1.05 bits per heavy atom. The summed E-state index contributed by atoms with van der Waals surface area (Å²) in [4.78, 5) is 0. The van der Waals surface area contributed by atoms with E-state index in [0.717, 1.165) is 12.8 Å². The number of hydrogen-bond acceptors (Lipinski definition) is 16. The Hall–Kier alpha value is -1.74. The van der Waals surface area contributed by atoms with Crippen molar-refractivity contribution in [3.8, 4) is 11.5 Å². The van der Waals surface area contributed by atoms with Crippen LogP contribution in [0.15, 0.2) is 24.3 Å². The predicted molar refractivity (Wildman–Crippen MR) is 222 cm³/mol. The SMILES string of the molecule is CCCCCCCCCCCCCCCCOc1ccc(OC(COC(COCC(O)CO)COCC(O)CO)COC(COCC(O)CO)COCC(O)CO)cc1. The van der Waals surface area contributed by atoms with Crippen LogP contribution in [0.1, 0.15) is 96.8 Å². The van der Waals surface area contributed by atoms with Crippen molar-refractivity contribution in [1.29, 1.82) is 0 Å². The zero-order valence-corrected chi connectivity index (χ0v) is 35.7. The Labute approximate surface area is 352 Å². The first kappa shape index (κ1) is 55.3. The molecule has 16 heteroatoms. The number of aliphatic hydroxyl groups is 8. The van der Waals surface area contributed by atoms with Crippen molar-refractivity contribution in [3.63, 3.8) is 0 Å². The Morgan fingerprint density at radius 1 is 0.390 bits per heavy atom. The third-order valence-corrected chi connectivity index (χ3v) is 9.23. The van der Waals surface area contributed by atoms with Gasteiger partial charge in [0.1, 0.15) is 54.2 Å². The summed E-state index contributed by atoms with van der Waals surface area (Å²) < 4.78 is 46.5. The first-order valence-corrected chi connectivity index (χ1v) is 21.8. The molecule has 0 saturated heterocycles. The van der Waals surface area contributed by atoms with Crippen molar-refractivity contribution in [2.45, 2.75) is 140 Å². The Morgan fingerprint density at radius 2 is 0.712 bits per heavy atom. The Bertz CT molecular complexity index is 952. The van der Waals surface area contributed by atoms with Crippen LogP contribution in [0.3, 0.4) is 0 Å². The van der Waals surface area contributed by atoms with Gasteiger partial charge in [-0.3, -0.25) is 0 Å². The van der Waals surface area contributed by atoms with Gasteiger partial charge in [-0.05, 0) is 30.7 Å². The van der Waals surface area contributed by atoms with Crippen LogP contribution in [0.5, 0.6) is 11.5 Å². The molecular weight excluding hydrogens is 772 g/mol. The molecule has 0 saturated carbocycles. The number of rotatable bonds is 44. The third-order valence-electron chi connectivity index (χ3n) is 9.23. The average Bonchev–Trinajstić information content (AvgIpc) is 3.25. The van der Waals surface area contributed by atoms with E-state index >= 15 is 0 Å². The molecule has 4 unspecified atom stereocenters. The fourth-order valence-electron chi connectivity index (χ4n) is 5.74. The van der Waals surface area contributed by atoms with Gasteiger partial charge in [-0.25, -0.2) is 0 Å². The number of hydrogen-bond donors (Lipinski definition) is 8. The molecule has 1 aromatic carbocycles. The molecule has 1 aromatic rings. The van der Waals surface area contributed by atoms with E-state index in [0.29, 0.717) is 18.1 Å². The smallest absolute Gasteiger partial charge is 0.145 e. The maximum atomic E-state index is 9.71. The lowest BCUT2D eigenvalue weighted by Gasteiger charge is -2.26. The minimum atomic E-state index is -1.08. The zero-order chi connectivity index (χ0) is 43.2. The maximum absolute atomic E-state index is 9.71. The van der Waals surface area contributed by atoms with Crippen LogP contribution in [-0.4, -0.2) is 183 Å². The molecule has 0 radical (unpaired) electrons. The van der Waals surface area contributed by atoms with E-state index in [4.69, 9.17) is 58.3 Å². The fourth-order valence-corrected chi connectivity index (χ4v) is 5.74. The van der Waals surface area contributed by atoms with Crippen LogP contribution in [0.4, 0.5) is 0 Å². The van der Waals surface area contributed by atoms with E-state index in [-0.39, 0.29) is 66.1 Å². The lowest BCUT2D eigenvalue weighted by molar-refractivity contribution is -0.123. The normalized spacial score (nSPS) is 15.4. The molecular formula is C43H80O16. The predicted octanol–water partition coefficient (Wildman–Crippen LogP) is 2.54. The summed E-state index contributed by atoms with van der Waals surface area (Å²) in [6.07, 6.45) is 11.6. The molecule has 0 amide bonds. The summed E-state index contributed by atoms with van der Waals surface area (Å²) in [7, 11) is 0. The van der Waals surface area contributed by atoms with Gasteiger partial charge in [-0.15, -0.1) is 0 Å². The summed E-state index contributed by atoms with van der Waals surface area (Å²) in [5, 5.41) is 75.4. The third kappa shape index (κ3) is 32.6. The monoisotopic (exact) mass is 853 g/mol. The number of benzene rings is 1. The largest absolute Gasteiger partial charge is 0.494 e. The molecule has 0 aliphatic rings. The van der Waals surface area contributed by atoms with Crippen LogP contribution in [0.2, 0.25) is 0 Å². The molecule has 348 valence electrons. The van der Waals surface area contributed by atoms with Gasteiger partial charge in [0.15, 0.2) is 0 Å². The fraction of sp³-hybridized carbons (Fsp3) is 0.860. The van der Waals surface area contributed by atoms with Crippen molar-refractivity contribution in [2.75, 3.05) is 99.1 Å². The lowest BCUT2D eigenvalue weighted by Crippen LogP contribution is -2.38. The van der Waals surface area contributed by atoms with Crippen LogP contribution in [-0.2, 0) is 28.4 Å². The van der Waals surface area contributed by atoms with Crippen molar-refractivity contribution < 1.29 is 78.7 Å². The minimum Gasteiger partial charge on any atom is -0.494 e. The summed E-state index contributed by atoms with van der Waals surface area (Å²) in [6, 6.07) is 7.20. The highest BCUT2D eigenvalue weighted by molar-refractivity contribution is 5.31. The van der Waals surface area contributed by atoms with Crippen molar-refractivity contribution in [1.82, 2.24) is 0 Å². The van der Waals surface area contributed by atoms with Gasteiger partial charge in [0.05, 0.1) is 99.1 Å². The van der Waals surface area contributed by atoms with Gasteiger partial charge >= 0.3 is 0 Å². The highest BCUT2D eigenvalue weighted by Crippen LogP contribution is 2.20. The van der Waals surface area contributed by atoms with Crippen LogP contribution >= 0.6 is 0 Å². The van der Waals surface area contributed by atoms with Crippen LogP contribution in [0, 0.1) is 0 Å². The van der Waals surface area contributed by atoms with E-state index < -0.39 is 69.2 Å². The molecule has 16 nitrogen and oxygen atoms in total. The van der Waals surface area contributed by atoms with Gasteiger partial charge in [0, 0.05) is 0 Å². The van der Waals surface area contributed by atoms with E-state index in [9.17, 15) is 20.4 Å². The molecule has 0 fully saturated rings. The van der Waals surface area contributed by atoms with E-state index in [1.54, 1.807) is 12.1 Å². The molecule has 0 bridgehead atoms. The summed E-state index contributed by atoms with van der Waals surface area (Å²) in [5.74, 6) is 1.22. The zero-order valence-electron chi connectivity index (χ0n) is 35.7. The second-order valence-corrected chi connectivity index (χ2v) is 15.1. The average molecular weight is 853 g/mol.